The summed E-state index contributed by atoms with van der Waals surface area (Å²) in [5.41, 5.74) is 0.170. The number of aromatic nitrogens is 3. The molecule has 1 aliphatic heterocycles. The first-order chi connectivity index (χ1) is 10.0. The van der Waals surface area contributed by atoms with Crippen LogP contribution in [-0.4, -0.2) is 25.0 Å². The standard InChI is InChI=1S/C13H12F3N3OS/c1-7-4-11(9-5-8(15)2-3-10(9)16)19-12(7)17-13(18-19)21(20)6-14/h2-3,5,7,11H,4,6H2,1H3/t7-,11-,21+/m0/s1. The smallest absolute Gasteiger partial charge is 0.241 e. The highest BCUT2D eigenvalue weighted by atomic mass is 32.2. The van der Waals surface area contributed by atoms with Crippen LogP contribution < -0.4 is 0 Å². The van der Waals surface area contributed by atoms with Gasteiger partial charge in [-0.3, -0.25) is 0 Å². The number of rotatable bonds is 3. The Bertz CT molecular complexity index is 719. The number of alkyl halides is 1. The molecule has 3 atom stereocenters. The number of halogens is 3. The Morgan fingerprint density at radius 1 is 1.43 bits per heavy atom. The SMILES string of the molecule is C[C@H]1C[C@@H](c2cc(F)ccc2F)n2nc([S@](=O)CF)nc21. The van der Waals surface area contributed by atoms with Gasteiger partial charge in [0.05, 0.1) is 6.04 Å². The molecular weight excluding hydrogens is 303 g/mol. The second-order valence-electron chi connectivity index (χ2n) is 4.97. The fourth-order valence-electron chi connectivity index (χ4n) is 2.59. The first-order valence-corrected chi connectivity index (χ1v) is 7.69. The Morgan fingerprint density at radius 3 is 2.90 bits per heavy atom. The molecule has 112 valence electrons. The molecule has 0 saturated heterocycles. The fraction of sp³-hybridized carbons (Fsp3) is 0.385. The third kappa shape index (κ3) is 2.37. The normalized spacial score (nSPS) is 22.3. The molecule has 1 aliphatic rings. The quantitative estimate of drug-likeness (QED) is 0.875. The van der Waals surface area contributed by atoms with E-state index in [1.165, 1.54) is 4.68 Å². The van der Waals surface area contributed by atoms with E-state index in [0.717, 1.165) is 18.2 Å². The number of nitrogens with zero attached hydrogens (tertiary/aromatic N) is 3. The summed E-state index contributed by atoms with van der Waals surface area (Å²) >= 11 is 0. The van der Waals surface area contributed by atoms with Crippen molar-refractivity contribution in [1.82, 2.24) is 14.8 Å². The van der Waals surface area contributed by atoms with Gasteiger partial charge in [-0.2, -0.15) is 0 Å². The second-order valence-corrected chi connectivity index (χ2v) is 6.24. The minimum Gasteiger partial charge on any atom is -0.248 e. The first kappa shape index (κ1) is 14.2. The number of fused-ring (bicyclic) bond motifs is 1. The lowest BCUT2D eigenvalue weighted by Gasteiger charge is -2.13. The third-order valence-electron chi connectivity index (χ3n) is 3.57. The summed E-state index contributed by atoms with van der Waals surface area (Å²) in [5, 5.41) is 3.91. The molecule has 0 fully saturated rings. The lowest BCUT2D eigenvalue weighted by molar-refractivity contribution is 0.489. The van der Waals surface area contributed by atoms with Crippen molar-refractivity contribution < 1.29 is 17.4 Å². The Kier molecular flexibility index (Phi) is 3.56. The average Bonchev–Trinajstić information content (AvgIpc) is 3.02. The van der Waals surface area contributed by atoms with Crippen LogP contribution in [0.5, 0.6) is 0 Å². The van der Waals surface area contributed by atoms with Gasteiger partial charge in [0.1, 0.15) is 28.3 Å². The third-order valence-corrected chi connectivity index (χ3v) is 4.35. The topological polar surface area (TPSA) is 47.8 Å². The molecule has 0 N–H and O–H groups in total. The van der Waals surface area contributed by atoms with Crippen molar-refractivity contribution >= 4 is 10.8 Å². The van der Waals surface area contributed by atoms with Crippen molar-refractivity contribution in [2.75, 3.05) is 6.01 Å². The Hall–Kier alpha value is -1.70. The zero-order chi connectivity index (χ0) is 15.1. The summed E-state index contributed by atoms with van der Waals surface area (Å²) in [7, 11) is -1.92. The van der Waals surface area contributed by atoms with Crippen molar-refractivity contribution in [2.24, 2.45) is 0 Å². The van der Waals surface area contributed by atoms with Crippen LogP contribution in [0.15, 0.2) is 23.4 Å². The van der Waals surface area contributed by atoms with Crippen molar-refractivity contribution in [3.8, 4) is 0 Å². The van der Waals surface area contributed by atoms with Crippen molar-refractivity contribution in [3.63, 3.8) is 0 Å². The molecule has 21 heavy (non-hydrogen) atoms. The van der Waals surface area contributed by atoms with Gasteiger partial charge in [0.15, 0.2) is 6.01 Å². The lowest BCUT2D eigenvalue weighted by Crippen LogP contribution is -2.10. The largest absolute Gasteiger partial charge is 0.248 e. The summed E-state index contributed by atoms with van der Waals surface area (Å²) in [5.74, 6) is -0.624. The molecule has 2 heterocycles. The van der Waals surface area contributed by atoms with E-state index in [-0.39, 0.29) is 16.6 Å². The predicted octanol–water partition coefficient (Wildman–Crippen LogP) is 2.69. The number of hydrogen-bond donors (Lipinski definition) is 0. The van der Waals surface area contributed by atoms with Crippen LogP contribution in [0.4, 0.5) is 13.2 Å². The van der Waals surface area contributed by atoms with Crippen LogP contribution in [0.25, 0.3) is 0 Å². The molecule has 0 spiro atoms. The van der Waals surface area contributed by atoms with Crippen molar-refractivity contribution in [1.29, 1.82) is 0 Å². The summed E-state index contributed by atoms with van der Waals surface area (Å²) in [4.78, 5) is 4.07. The van der Waals surface area contributed by atoms with Gasteiger partial charge in [0, 0.05) is 11.5 Å². The Morgan fingerprint density at radius 2 is 2.19 bits per heavy atom. The summed E-state index contributed by atoms with van der Waals surface area (Å²) < 4.78 is 52.6. The second kappa shape index (κ2) is 5.25. The molecule has 0 amide bonds. The predicted molar refractivity (Wildman–Crippen MR) is 69.9 cm³/mol. The lowest BCUT2D eigenvalue weighted by atomic mass is 9.99. The molecule has 0 saturated carbocycles. The monoisotopic (exact) mass is 315 g/mol. The van der Waals surface area contributed by atoms with Gasteiger partial charge >= 0.3 is 0 Å². The van der Waals surface area contributed by atoms with E-state index in [4.69, 9.17) is 0 Å². The van der Waals surface area contributed by atoms with E-state index in [9.17, 15) is 17.4 Å². The first-order valence-electron chi connectivity index (χ1n) is 6.37. The van der Waals surface area contributed by atoms with Crippen LogP contribution in [-0.2, 0) is 10.8 Å². The molecular formula is C13H12F3N3OS. The Balaban J connectivity index is 2.07. The molecule has 4 nitrogen and oxygen atoms in total. The highest BCUT2D eigenvalue weighted by Gasteiger charge is 2.35. The Labute approximate surface area is 121 Å². The maximum Gasteiger partial charge on any atom is 0.241 e. The fourth-order valence-corrected chi connectivity index (χ4v) is 3.07. The van der Waals surface area contributed by atoms with Crippen LogP contribution >= 0.6 is 0 Å². The zero-order valence-corrected chi connectivity index (χ0v) is 11.9. The van der Waals surface area contributed by atoms with Gasteiger partial charge in [-0.25, -0.2) is 27.0 Å². The number of hydrogen-bond acceptors (Lipinski definition) is 3. The maximum absolute atomic E-state index is 13.9. The highest BCUT2D eigenvalue weighted by Crippen LogP contribution is 2.39. The summed E-state index contributed by atoms with van der Waals surface area (Å²) in [6, 6.07) is 1.63. The summed E-state index contributed by atoms with van der Waals surface area (Å²) in [6.45, 7) is 1.86. The van der Waals surface area contributed by atoms with E-state index in [2.05, 4.69) is 10.1 Å². The van der Waals surface area contributed by atoms with Gasteiger partial charge in [0.25, 0.3) is 0 Å². The highest BCUT2D eigenvalue weighted by molar-refractivity contribution is 7.84. The number of benzene rings is 1. The zero-order valence-electron chi connectivity index (χ0n) is 11.1. The van der Waals surface area contributed by atoms with Crippen LogP contribution in [0.1, 0.15) is 36.7 Å². The minimum absolute atomic E-state index is 0.0597. The molecule has 1 aromatic carbocycles. The summed E-state index contributed by atoms with van der Waals surface area (Å²) in [6.07, 6.45) is 0.512. The van der Waals surface area contributed by atoms with Gasteiger partial charge in [0.2, 0.25) is 5.16 Å². The van der Waals surface area contributed by atoms with Crippen molar-refractivity contribution in [2.45, 2.75) is 30.5 Å². The molecule has 8 heteroatoms. The molecule has 0 radical (unpaired) electrons. The van der Waals surface area contributed by atoms with Crippen LogP contribution in [0.3, 0.4) is 0 Å². The molecule has 0 unspecified atom stereocenters. The van der Waals surface area contributed by atoms with E-state index >= 15 is 0 Å². The average molecular weight is 315 g/mol. The molecule has 0 aliphatic carbocycles. The van der Waals surface area contributed by atoms with Crippen LogP contribution in [0.2, 0.25) is 0 Å². The molecule has 0 bridgehead atoms. The van der Waals surface area contributed by atoms with Crippen molar-refractivity contribution in [3.05, 3.63) is 41.2 Å². The van der Waals surface area contributed by atoms with E-state index in [1.54, 1.807) is 0 Å². The van der Waals surface area contributed by atoms with Gasteiger partial charge in [-0.05, 0) is 24.6 Å². The van der Waals surface area contributed by atoms with Gasteiger partial charge in [-0.1, -0.05) is 6.92 Å². The minimum atomic E-state index is -1.92. The van der Waals surface area contributed by atoms with Crippen LogP contribution in [0, 0.1) is 11.6 Å². The van der Waals surface area contributed by atoms with E-state index in [1.807, 2.05) is 6.92 Å². The van der Waals surface area contributed by atoms with E-state index in [0.29, 0.717) is 12.2 Å². The molecule has 1 aromatic heterocycles. The molecule has 2 aromatic rings. The van der Waals surface area contributed by atoms with Gasteiger partial charge < -0.3 is 0 Å². The molecule has 3 rings (SSSR count). The maximum atomic E-state index is 13.9. The van der Waals surface area contributed by atoms with E-state index < -0.39 is 34.5 Å². The van der Waals surface area contributed by atoms with Gasteiger partial charge in [-0.15, -0.1) is 5.10 Å².